The molecule has 20 heavy (non-hydrogen) atoms. The fourth-order valence-electron chi connectivity index (χ4n) is 2.31. The van der Waals surface area contributed by atoms with Crippen molar-refractivity contribution in [3.8, 4) is 0 Å². The zero-order valence-electron chi connectivity index (χ0n) is 12.1. The second kappa shape index (κ2) is 6.05. The Morgan fingerprint density at radius 2 is 2.20 bits per heavy atom. The molecule has 0 aliphatic heterocycles. The van der Waals surface area contributed by atoms with Crippen LogP contribution in [0.1, 0.15) is 13.8 Å². The van der Waals surface area contributed by atoms with Crippen LogP contribution in [0.15, 0.2) is 24.4 Å². The first-order chi connectivity index (χ1) is 9.56. The predicted molar refractivity (Wildman–Crippen MR) is 80.5 cm³/mol. The van der Waals surface area contributed by atoms with E-state index in [1.165, 1.54) is 6.07 Å². The van der Waals surface area contributed by atoms with Gasteiger partial charge in [0.1, 0.15) is 5.69 Å². The number of rotatable bonds is 5. The number of fused-ring (bicyclic) bond motifs is 1. The lowest BCUT2D eigenvalue weighted by atomic mass is 10.1. The van der Waals surface area contributed by atoms with Crippen LogP contribution in [0.4, 0.5) is 15.8 Å². The van der Waals surface area contributed by atoms with Crippen LogP contribution in [0.25, 0.3) is 10.9 Å². The van der Waals surface area contributed by atoms with Gasteiger partial charge in [0.15, 0.2) is 5.82 Å². The highest BCUT2D eigenvalue weighted by atomic mass is 19.1. The van der Waals surface area contributed by atoms with Crippen molar-refractivity contribution in [3.05, 3.63) is 30.2 Å². The highest BCUT2D eigenvalue weighted by Crippen LogP contribution is 2.33. The Kier molecular flexibility index (Phi) is 4.39. The lowest BCUT2D eigenvalue weighted by Gasteiger charge is -2.30. The van der Waals surface area contributed by atoms with E-state index in [0.717, 1.165) is 5.39 Å². The van der Waals surface area contributed by atoms with E-state index in [2.05, 4.69) is 4.98 Å². The standard InChI is InChI=1S/C15H20FN3O/c1-10(2)19(7-8-20-3)15-12(16)9-13(17)11-5-4-6-18-14(11)15/h4-6,9-10H,7-8,17H2,1-3H3. The van der Waals surface area contributed by atoms with Crippen molar-refractivity contribution in [2.24, 2.45) is 0 Å². The minimum atomic E-state index is -0.349. The molecule has 0 saturated carbocycles. The Labute approximate surface area is 118 Å². The van der Waals surface area contributed by atoms with Gasteiger partial charge in [0.2, 0.25) is 0 Å². The molecule has 0 bridgehead atoms. The van der Waals surface area contributed by atoms with Gasteiger partial charge in [0, 0.05) is 37.0 Å². The molecule has 1 aromatic carbocycles. The maximum atomic E-state index is 14.4. The van der Waals surface area contributed by atoms with Crippen LogP contribution in [-0.4, -0.2) is 31.3 Å². The number of hydrogen-bond acceptors (Lipinski definition) is 4. The fourth-order valence-corrected chi connectivity index (χ4v) is 2.31. The van der Waals surface area contributed by atoms with E-state index < -0.39 is 0 Å². The minimum Gasteiger partial charge on any atom is -0.398 e. The molecule has 4 nitrogen and oxygen atoms in total. The molecule has 0 aliphatic rings. The van der Waals surface area contributed by atoms with E-state index in [9.17, 15) is 4.39 Å². The van der Waals surface area contributed by atoms with Gasteiger partial charge in [0.05, 0.1) is 12.1 Å². The molecule has 2 N–H and O–H groups in total. The summed E-state index contributed by atoms with van der Waals surface area (Å²) in [5.41, 5.74) is 7.37. The summed E-state index contributed by atoms with van der Waals surface area (Å²) in [6.45, 7) is 5.15. The number of ether oxygens (including phenoxy) is 1. The summed E-state index contributed by atoms with van der Waals surface area (Å²) in [5, 5.41) is 0.770. The lowest BCUT2D eigenvalue weighted by Crippen LogP contribution is -2.34. The first kappa shape index (κ1) is 14.5. The number of nitrogens with zero attached hydrogens (tertiary/aromatic N) is 2. The molecule has 0 radical (unpaired) electrons. The molecule has 1 heterocycles. The smallest absolute Gasteiger partial charge is 0.150 e. The van der Waals surface area contributed by atoms with Crippen molar-refractivity contribution in [1.82, 2.24) is 4.98 Å². The van der Waals surface area contributed by atoms with E-state index >= 15 is 0 Å². The van der Waals surface area contributed by atoms with Gasteiger partial charge in [-0.1, -0.05) is 0 Å². The third-order valence-corrected chi connectivity index (χ3v) is 3.30. The SMILES string of the molecule is COCCN(c1c(F)cc(N)c2cccnc12)C(C)C. The first-order valence-corrected chi connectivity index (χ1v) is 6.64. The monoisotopic (exact) mass is 277 g/mol. The molecule has 0 fully saturated rings. The van der Waals surface area contributed by atoms with Crippen molar-refractivity contribution < 1.29 is 9.13 Å². The summed E-state index contributed by atoms with van der Waals surface area (Å²) < 4.78 is 19.5. The third-order valence-electron chi connectivity index (χ3n) is 3.30. The molecule has 2 aromatic rings. The van der Waals surface area contributed by atoms with Gasteiger partial charge in [-0.15, -0.1) is 0 Å². The van der Waals surface area contributed by atoms with E-state index in [0.29, 0.717) is 30.0 Å². The number of anilines is 2. The van der Waals surface area contributed by atoms with Crippen LogP contribution in [-0.2, 0) is 4.74 Å². The van der Waals surface area contributed by atoms with Crippen LogP contribution in [0.3, 0.4) is 0 Å². The van der Waals surface area contributed by atoms with Gasteiger partial charge >= 0.3 is 0 Å². The van der Waals surface area contributed by atoms with Crippen molar-refractivity contribution in [2.75, 3.05) is 30.9 Å². The van der Waals surface area contributed by atoms with Crippen LogP contribution in [0, 0.1) is 5.82 Å². The number of benzene rings is 1. The Morgan fingerprint density at radius 3 is 2.85 bits per heavy atom. The molecule has 0 aliphatic carbocycles. The summed E-state index contributed by atoms with van der Waals surface area (Å²) in [6, 6.07) is 5.15. The van der Waals surface area contributed by atoms with Crippen molar-refractivity contribution in [3.63, 3.8) is 0 Å². The highest BCUT2D eigenvalue weighted by molar-refractivity contribution is 5.99. The Balaban J connectivity index is 2.61. The number of nitrogens with two attached hydrogens (primary N) is 1. The highest BCUT2D eigenvalue weighted by Gasteiger charge is 2.20. The molecule has 0 saturated heterocycles. The lowest BCUT2D eigenvalue weighted by molar-refractivity contribution is 0.203. The summed E-state index contributed by atoms with van der Waals surface area (Å²) in [5.74, 6) is -0.349. The fraction of sp³-hybridized carbons (Fsp3) is 0.400. The second-order valence-corrected chi connectivity index (χ2v) is 4.98. The van der Waals surface area contributed by atoms with Gasteiger partial charge in [0.25, 0.3) is 0 Å². The summed E-state index contributed by atoms with van der Waals surface area (Å²) in [6.07, 6.45) is 1.65. The van der Waals surface area contributed by atoms with E-state index in [-0.39, 0.29) is 11.9 Å². The molecule has 0 spiro atoms. The Hall–Kier alpha value is -1.88. The second-order valence-electron chi connectivity index (χ2n) is 4.98. The number of aromatic nitrogens is 1. The number of hydrogen-bond donors (Lipinski definition) is 1. The average molecular weight is 277 g/mol. The van der Waals surface area contributed by atoms with Crippen molar-refractivity contribution in [1.29, 1.82) is 0 Å². The van der Waals surface area contributed by atoms with E-state index in [4.69, 9.17) is 10.5 Å². The van der Waals surface area contributed by atoms with Gasteiger partial charge in [-0.25, -0.2) is 4.39 Å². The van der Waals surface area contributed by atoms with Crippen LogP contribution in [0.5, 0.6) is 0 Å². The molecular formula is C15H20FN3O. The van der Waals surface area contributed by atoms with Gasteiger partial charge in [-0.3, -0.25) is 4.98 Å². The van der Waals surface area contributed by atoms with Crippen LogP contribution < -0.4 is 10.6 Å². The van der Waals surface area contributed by atoms with Gasteiger partial charge in [-0.2, -0.15) is 0 Å². The summed E-state index contributed by atoms with van der Waals surface area (Å²) in [7, 11) is 1.63. The third kappa shape index (κ3) is 2.67. The molecule has 0 amide bonds. The molecule has 5 heteroatoms. The summed E-state index contributed by atoms with van der Waals surface area (Å²) >= 11 is 0. The van der Waals surface area contributed by atoms with E-state index in [1.54, 1.807) is 19.4 Å². The Morgan fingerprint density at radius 1 is 1.45 bits per heavy atom. The van der Waals surface area contributed by atoms with Crippen LogP contribution in [0.2, 0.25) is 0 Å². The zero-order valence-corrected chi connectivity index (χ0v) is 12.1. The number of nitrogen functional groups attached to an aromatic ring is 1. The molecule has 1 aromatic heterocycles. The molecular weight excluding hydrogens is 257 g/mol. The first-order valence-electron chi connectivity index (χ1n) is 6.64. The normalized spacial score (nSPS) is 11.2. The zero-order chi connectivity index (χ0) is 14.7. The minimum absolute atomic E-state index is 0.133. The maximum absolute atomic E-state index is 14.4. The van der Waals surface area contributed by atoms with Crippen molar-refractivity contribution in [2.45, 2.75) is 19.9 Å². The Bertz CT molecular complexity index is 601. The maximum Gasteiger partial charge on any atom is 0.150 e. The predicted octanol–water partition coefficient (Wildman–Crippen LogP) is 2.82. The van der Waals surface area contributed by atoms with Gasteiger partial charge < -0.3 is 15.4 Å². The van der Waals surface area contributed by atoms with Crippen molar-refractivity contribution >= 4 is 22.3 Å². The quantitative estimate of drug-likeness (QED) is 0.854. The average Bonchev–Trinajstić information content (AvgIpc) is 2.42. The largest absolute Gasteiger partial charge is 0.398 e. The molecule has 2 rings (SSSR count). The van der Waals surface area contributed by atoms with Gasteiger partial charge in [-0.05, 0) is 32.0 Å². The molecule has 0 atom stereocenters. The molecule has 0 unspecified atom stereocenters. The number of pyridine rings is 1. The number of halogens is 1. The summed E-state index contributed by atoms with van der Waals surface area (Å²) in [4.78, 5) is 6.26. The molecule has 108 valence electrons. The topological polar surface area (TPSA) is 51.4 Å². The number of methoxy groups -OCH3 is 1. The van der Waals surface area contributed by atoms with E-state index in [1.807, 2.05) is 24.8 Å². The van der Waals surface area contributed by atoms with Crippen LogP contribution >= 0.6 is 0 Å².